The number of nitrogens with zero attached hydrogens (tertiary/aromatic N) is 4. The zero-order chi connectivity index (χ0) is 20.1. The van der Waals surface area contributed by atoms with Gasteiger partial charge in [-0.15, -0.1) is 10.2 Å². The third kappa shape index (κ3) is 4.60. The number of aromatic nitrogens is 2. The minimum absolute atomic E-state index is 0.163. The molecule has 1 aliphatic heterocycles. The Bertz CT molecular complexity index is 880. The quantitative estimate of drug-likeness (QED) is 0.539. The van der Waals surface area contributed by atoms with E-state index in [1.807, 2.05) is 4.90 Å². The summed E-state index contributed by atoms with van der Waals surface area (Å²) in [5.41, 5.74) is 5.74. The van der Waals surface area contributed by atoms with Crippen molar-refractivity contribution in [2.75, 3.05) is 43.9 Å². The molecule has 2 amide bonds. The molecule has 3 rings (SSSR count). The fraction of sp³-hybridized carbons (Fsp3) is 0.353. The van der Waals surface area contributed by atoms with Gasteiger partial charge in [-0.05, 0) is 12.1 Å². The minimum atomic E-state index is -0.530. The molecule has 9 nitrogen and oxygen atoms in total. The van der Waals surface area contributed by atoms with Gasteiger partial charge in [0.15, 0.2) is 4.34 Å². The lowest BCUT2D eigenvalue weighted by molar-refractivity contribution is -0.115. The number of carbonyl (C=O) groups excluding carboxylic acids is 3. The summed E-state index contributed by atoms with van der Waals surface area (Å²) in [5, 5.41) is 8.95. The normalized spacial score (nSPS) is 14.0. The second kappa shape index (κ2) is 9.02. The number of hydrogen-bond donors (Lipinski definition) is 1. The SMILES string of the molecule is COC(=O)c1ccccc1C(=O)N1CCN(c2nnc(SCC(N)=O)s2)CC1. The number of hydrogen-bond acceptors (Lipinski definition) is 9. The summed E-state index contributed by atoms with van der Waals surface area (Å²) < 4.78 is 5.44. The van der Waals surface area contributed by atoms with Gasteiger partial charge in [0.1, 0.15) is 0 Å². The van der Waals surface area contributed by atoms with Gasteiger partial charge in [-0.1, -0.05) is 35.2 Å². The predicted octanol–water partition coefficient (Wildman–Crippen LogP) is 0.864. The molecule has 0 radical (unpaired) electrons. The van der Waals surface area contributed by atoms with Crippen LogP contribution in [0.25, 0.3) is 0 Å². The molecule has 1 saturated heterocycles. The fourth-order valence-corrected chi connectivity index (χ4v) is 4.38. The molecule has 11 heteroatoms. The van der Waals surface area contributed by atoms with Crippen LogP contribution in [0.1, 0.15) is 20.7 Å². The summed E-state index contributed by atoms with van der Waals surface area (Å²) in [7, 11) is 1.29. The van der Waals surface area contributed by atoms with Crippen molar-refractivity contribution in [3.63, 3.8) is 0 Å². The summed E-state index contributed by atoms with van der Waals surface area (Å²) in [6, 6.07) is 6.64. The first-order chi connectivity index (χ1) is 13.5. The van der Waals surface area contributed by atoms with Crippen LogP contribution in [-0.4, -0.2) is 71.9 Å². The van der Waals surface area contributed by atoms with E-state index in [-0.39, 0.29) is 17.2 Å². The first kappa shape index (κ1) is 20.1. The molecule has 2 N–H and O–H groups in total. The Morgan fingerprint density at radius 1 is 1.14 bits per heavy atom. The molecule has 0 bridgehead atoms. The average molecular weight is 422 g/mol. The molecular weight excluding hydrogens is 402 g/mol. The van der Waals surface area contributed by atoms with E-state index in [0.29, 0.717) is 36.1 Å². The van der Waals surface area contributed by atoms with Crippen LogP contribution in [0.2, 0.25) is 0 Å². The molecule has 0 saturated carbocycles. The lowest BCUT2D eigenvalue weighted by atomic mass is 10.1. The summed E-state index contributed by atoms with van der Waals surface area (Å²) in [4.78, 5) is 39.4. The predicted molar refractivity (Wildman–Crippen MR) is 106 cm³/mol. The summed E-state index contributed by atoms with van der Waals surface area (Å²) in [6.45, 7) is 2.19. The number of primary amides is 1. The highest BCUT2D eigenvalue weighted by Gasteiger charge is 2.27. The van der Waals surface area contributed by atoms with E-state index in [9.17, 15) is 14.4 Å². The Labute approximate surface area is 169 Å². The number of nitrogens with two attached hydrogens (primary N) is 1. The molecule has 0 aliphatic carbocycles. The number of carbonyl (C=O) groups is 3. The largest absolute Gasteiger partial charge is 0.465 e. The smallest absolute Gasteiger partial charge is 0.338 e. The molecule has 0 unspecified atom stereocenters. The lowest BCUT2D eigenvalue weighted by Gasteiger charge is -2.34. The Hall–Kier alpha value is -2.66. The first-order valence-corrected chi connectivity index (χ1v) is 10.3. The monoisotopic (exact) mass is 421 g/mol. The number of methoxy groups -OCH3 is 1. The van der Waals surface area contributed by atoms with Crippen LogP contribution in [0.4, 0.5) is 5.13 Å². The van der Waals surface area contributed by atoms with Gasteiger partial charge in [-0.2, -0.15) is 0 Å². The molecule has 0 atom stereocenters. The molecule has 2 aromatic rings. The highest BCUT2D eigenvalue weighted by atomic mass is 32.2. The summed E-state index contributed by atoms with van der Waals surface area (Å²) >= 11 is 2.65. The maximum Gasteiger partial charge on any atom is 0.338 e. The van der Waals surface area contributed by atoms with Crippen molar-refractivity contribution < 1.29 is 19.1 Å². The van der Waals surface area contributed by atoms with E-state index in [2.05, 4.69) is 10.2 Å². The third-order valence-electron chi connectivity index (χ3n) is 4.13. The van der Waals surface area contributed by atoms with Crippen molar-refractivity contribution in [3.05, 3.63) is 35.4 Å². The molecular formula is C17H19N5O4S2. The molecule has 148 valence electrons. The van der Waals surface area contributed by atoms with Crippen LogP contribution in [0, 0.1) is 0 Å². The molecule has 2 heterocycles. The summed E-state index contributed by atoms with van der Waals surface area (Å²) in [5.74, 6) is -0.967. The molecule has 1 aromatic carbocycles. The van der Waals surface area contributed by atoms with Gasteiger partial charge in [0.05, 0.1) is 24.0 Å². The van der Waals surface area contributed by atoms with Gasteiger partial charge in [0.25, 0.3) is 5.91 Å². The Morgan fingerprint density at radius 3 is 2.46 bits per heavy atom. The van der Waals surface area contributed by atoms with Crippen molar-refractivity contribution in [1.82, 2.24) is 15.1 Å². The van der Waals surface area contributed by atoms with Gasteiger partial charge in [0, 0.05) is 26.2 Å². The molecule has 28 heavy (non-hydrogen) atoms. The third-order valence-corrected chi connectivity index (χ3v) is 6.27. The maximum absolute atomic E-state index is 12.9. The second-order valence-corrected chi connectivity index (χ2v) is 8.10. The van der Waals surface area contributed by atoms with E-state index in [1.165, 1.54) is 30.2 Å². The molecule has 1 aromatic heterocycles. The van der Waals surface area contributed by atoms with Crippen molar-refractivity contribution >= 4 is 46.0 Å². The van der Waals surface area contributed by atoms with Crippen molar-refractivity contribution in [1.29, 1.82) is 0 Å². The Kier molecular flexibility index (Phi) is 6.47. The number of esters is 1. The standard InChI is InChI=1S/C17H19N5O4S2/c1-26-15(25)12-5-3-2-4-11(12)14(24)21-6-8-22(9-7-21)16-19-20-17(28-16)27-10-13(18)23/h2-5H,6-10H2,1H3,(H2,18,23). The van der Waals surface area contributed by atoms with E-state index in [4.69, 9.17) is 10.5 Å². The number of thioether (sulfide) groups is 1. The van der Waals surface area contributed by atoms with Gasteiger partial charge in [-0.25, -0.2) is 4.79 Å². The van der Waals surface area contributed by atoms with Gasteiger partial charge < -0.3 is 20.3 Å². The number of piperazine rings is 1. The average Bonchev–Trinajstić information content (AvgIpc) is 3.20. The van der Waals surface area contributed by atoms with Crippen LogP contribution in [0.3, 0.4) is 0 Å². The Morgan fingerprint density at radius 2 is 1.82 bits per heavy atom. The van der Waals surface area contributed by atoms with E-state index in [0.717, 1.165) is 5.13 Å². The van der Waals surface area contributed by atoms with Crippen molar-refractivity contribution in [2.45, 2.75) is 4.34 Å². The molecule has 0 spiro atoms. The van der Waals surface area contributed by atoms with Gasteiger partial charge in [0.2, 0.25) is 11.0 Å². The first-order valence-electron chi connectivity index (χ1n) is 8.45. The van der Waals surface area contributed by atoms with Crippen LogP contribution >= 0.6 is 23.1 Å². The topological polar surface area (TPSA) is 119 Å². The zero-order valence-electron chi connectivity index (χ0n) is 15.2. The Balaban J connectivity index is 1.62. The lowest BCUT2D eigenvalue weighted by Crippen LogP contribution is -2.49. The minimum Gasteiger partial charge on any atom is -0.465 e. The molecule has 1 fully saturated rings. The van der Waals surface area contributed by atoms with E-state index < -0.39 is 11.9 Å². The van der Waals surface area contributed by atoms with E-state index >= 15 is 0 Å². The van der Waals surface area contributed by atoms with Crippen molar-refractivity contribution in [2.24, 2.45) is 5.73 Å². The van der Waals surface area contributed by atoms with Crippen molar-refractivity contribution in [3.8, 4) is 0 Å². The van der Waals surface area contributed by atoms with Crippen LogP contribution in [0.15, 0.2) is 28.6 Å². The number of benzene rings is 1. The number of amides is 2. The fourth-order valence-electron chi connectivity index (χ4n) is 2.75. The number of ether oxygens (including phenoxy) is 1. The van der Waals surface area contributed by atoms with Gasteiger partial charge >= 0.3 is 5.97 Å². The highest BCUT2D eigenvalue weighted by molar-refractivity contribution is 8.01. The van der Waals surface area contributed by atoms with Crippen LogP contribution < -0.4 is 10.6 Å². The highest BCUT2D eigenvalue weighted by Crippen LogP contribution is 2.28. The van der Waals surface area contributed by atoms with E-state index in [1.54, 1.807) is 29.2 Å². The second-order valence-electron chi connectivity index (χ2n) is 5.92. The zero-order valence-corrected chi connectivity index (χ0v) is 16.8. The number of rotatable bonds is 6. The van der Waals surface area contributed by atoms with Crippen LogP contribution in [0.5, 0.6) is 0 Å². The van der Waals surface area contributed by atoms with Crippen LogP contribution in [-0.2, 0) is 9.53 Å². The summed E-state index contributed by atoms with van der Waals surface area (Å²) in [6.07, 6.45) is 0. The molecule has 1 aliphatic rings. The maximum atomic E-state index is 12.9. The van der Waals surface area contributed by atoms with Gasteiger partial charge in [-0.3, -0.25) is 9.59 Å². The number of anilines is 1.